The van der Waals surface area contributed by atoms with E-state index >= 15 is 0 Å². The number of ether oxygens (including phenoxy) is 1. The summed E-state index contributed by atoms with van der Waals surface area (Å²) in [6.07, 6.45) is 1.37. The average molecular weight is 432 g/mol. The van der Waals surface area contributed by atoms with Gasteiger partial charge in [0.15, 0.2) is 0 Å². The third-order valence-electron chi connectivity index (χ3n) is 4.83. The Morgan fingerprint density at radius 2 is 1.65 bits per heavy atom. The molecule has 4 nitrogen and oxygen atoms in total. The fourth-order valence-electron chi connectivity index (χ4n) is 3.01. The molecule has 0 aromatic heterocycles. The molecule has 0 aliphatic carbocycles. The predicted octanol–water partition coefficient (Wildman–Crippen LogP) is 5.90. The molecule has 0 atom stereocenters. The summed E-state index contributed by atoms with van der Waals surface area (Å²) in [6.45, 7) is 6.91. The van der Waals surface area contributed by atoms with Crippen LogP contribution in [-0.4, -0.2) is 8.42 Å². The fourth-order valence-corrected chi connectivity index (χ4v) is 4.19. The van der Waals surface area contributed by atoms with Gasteiger partial charge in [-0.25, -0.2) is 8.42 Å². The van der Waals surface area contributed by atoms with Crippen LogP contribution in [0.25, 0.3) is 6.08 Å². The predicted molar refractivity (Wildman–Crippen MR) is 123 cm³/mol. The molecular weight excluding hydrogens is 406 g/mol. The number of benzene rings is 3. The summed E-state index contributed by atoms with van der Waals surface area (Å²) in [6, 6.07) is 25.1. The molecule has 0 amide bonds. The number of hydrogen-bond donors (Lipinski definition) is 0. The number of nitriles is 1. The van der Waals surface area contributed by atoms with Crippen molar-refractivity contribution in [1.82, 2.24) is 0 Å². The number of allylic oxidation sites excluding steroid dienone is 1. The minimum absolute atomic E-state index is 0.0916. The van der Waals surface area contributed by atoms with E-state index in [1.165, 1.54) is 23.8 Å². The topological polar surface area (TPSA) is 67.2 Å². The van der Waals surface area contributed by atoms with E-state index in [1.54, 1.807) is 42.5 Å². The lowest BCUT2D eigenvalue weighted by molar-refractivity contribution is 0.306. The Kier molecular flexibility index (Phi) is 6.62. The van der Waals surface area contributed by atoms with Gasteiger partial charge in [0, 0.05) is 0 Å². The highest BCUT2D eigenvalue weighted by Crippen LogP contribution is 2.24. The number of hydrogen-bond acceptors (Lipinski definition) is 4. The largest absolute Gasteiger partial charge is 0.489 e. The zero-order valence-electron chi connectivity index (χ0n) is 17.9. The van der Waals surface area contributed by atoms with Crippen molar-refractivity contribution in [1.29, 1.82) is 5.26 Å². The first kappa shape index (κ1) is 22.3. The minimum atomic E-state index is -3.87. The van der Waals surface area contributed by atoms with Gasteiger partial charge >= 0.3 is 0 Å². The van der Waals surface area contributed by atoms with Crippen molar-refractivity contribution in [3.05, 3.63) is 100 Å². The Labute approximate surface area is 184 Å². The maximum absolute atomic E-state index is 12.7. The second-order valence-corrected chi connectivity index (χ2v) is 10.2. The number of sulfone groups is 1. The van der Waals surface area contributed by atoms with Gasteiger partial charge in [0.2, 0.25) is 9.84 Å². The van der Waals surface area contributed by atoms with Crippen molar-refractivity contribution in [2.75, 3.05) is 0 Å². The SMILES string of the molecule is CC(C)(C)c1ccc(COc2cccc(/C=C(/C#N)S(=O)(=O)c3ccccc3)c2)cc1. The smallest absolute Gasteiger partial charge is 0.216 e. The number of rotatable bonds is 6. The molecule has 0 saturated heterocycles. The average Bonchev–Trinajstić information content (AvgIpc) is 2.76. The molecule has 0 fully saturated rings. The van der Waals surface area contributed by atoms with Crippen LogP contribution in [0, 0.1) is 11.3 Å². The Balaban J connectivity index is 1.77. The van der Waals surface area contributed by atoms with Gasteiger partial charge < -0.3 is 4.74 Å². The summed E-state index contributed by atoms with van der Waals surface area (Å²) in [7, 11) is -3.87. The fraction of sp³-hybridized carbons (Fsp3) is 0.192. The Morgan fingerprint density at radius 3 is 2.26 bits per heavy atom. The molecular formula is C26H25NO3S. The zero-order valence-corrected chi connectivity index (χ0v) is 18.7. The van der Waals surface area contributed by atoms with E-state index < -0.39 is 9.84 Å². The van der Waals surface area contributed by atoms with Gasteiger partial charge in [-0.05, 0) is 52.4 Å². The lowest BCUT2D eigenvalue weighted by atomic mass is 9.87. The molecule has 3 aromatic carbocycles. The lowest BCUT2D eigenvalue weighted by Gasteiger charge is -2.19. The third-order valence-corrected chi connectivity index (χ3v) is 6.52. The monoisotopic (exact) mass is 431 g/mol. The van der Waals surface area contributed by atoms with Crippen LogP contribution in [0.5, 0.6) is 5.75 Å². The van der Waals surface area contributed by atoms with Crippen LogP contribution in [0.3, 0.4) is 0 Å². The van der Waals surface area contributed by atoms with Crippen molar-refractivity contribution in [3.8, 4) is 11.8 Å². The highest BCUT2D eigenvalue weighted by molar-refractivity contribution is 7.95. The molecule has 158 valence electrons. The van der Waals surface area contributed by atoms with Gasteiger partial charge in [-0.3, -0.25) is 0 Å². The Hall–Kier alpha value is -3.36. The maximum Gasteiger partial charge on any atom is 0.216 e. The minimum Gasteiger partial charge on any atom is -0.489 e. The second-order valence-electron chi connectivity index (χ2n) is 8.24. The van der Waals surface area contributed by atoms with E-state index in [0.29, 0.717) is 17.9 Å². The van der Waals surface area contributed by atoms with Crippen molar-refractivity contribution in [3.63, 3.8) is 0 Å². The standard InChI is InChI=1S/C26H25NO3S/c1-26(2,3)22-14-12-20(13-15-22)19-30-23-9-7-8-21(16-23)17-25(18-27)31(28,29)24-10-5-4-6-11-24/h4-17H,19H2,1-3H3/b25-17-. The van der Waals surface area contributed by atoms with E-state index in [2.05, 4.69) is 32.9 Å². The molecule has 0 unspecified atom stereocenters. The summed E-state index contributed by atoms with van der Waals surface area (Å²) < 4.78 is 31.4. The molecule has 3 rings (SSSR count). The molecule has 0 radical (unpaired) electrons. The Morgan fingerprint density at radius 1 is 0.968 bits per heavy atom. The van der Waals surface area contributed by atoms with Crippen LogP contribution in [0.1, 0.15) is 37.5 Å². The molecule has 0 saturated carbocycles. The molecule has 3 aromatic rings. The first-order valence-electron chi connectivity index (χ1n) is 9.94. The van der Waals surface area contributed by atoms with Gasteiger partial charge in [-0.2, -0.15) is 5.26 Å². The van der Waals surface area contributed by atoms with Crippen LogP contribution in [0.4, 0.5) is 0 Å². The second kappa shape index (κ2) is 9.20. The molecule has 0 spiro atoms. The van der Waals surface area contributed by atoms with Gasteiger partial charge in [-0.15, -0.1) is 0 Å². The maximum atomic E-state index is 12.7. The summed E-state index contributed by atoms with van der Waals surface area (Å²) in [5, 5.41) is 9.46. The highest BCUT2D eigenvalue weighted by atomic mass is 32.2. The van der Waals surface area contributed by atoms with E-state index in [0.717, 1.165) is 5.56 Å². The van der Waals surface area contributed by atoms with Crippen LogP contribution in [0.15, 0.2) is 88.7 Å². The summed E-state index contributed by atoms with van der Waals surface area (Å²) in [4.78, 5) is -0.220. The van der Waals surface area contributed by atoms with Gasteiger partial charge in [0.25, 0.3) is 0 Å². The van der Waals surface area contributed by atoms with Gasteiger partial charge in [-0.1, -0.05) is 75.4 Å². The van der Waals surface area contributed by atoms with Crippen molar-refractivity contribution >= 4 is 15.9 Å². The molecule has 0 bridgehead atoms. The van der Waals surface area contributed by atoms with Crippen LogP contribution in [-0.2, 0) is 21.9 Å². The Bertz CT molecular complexity index is 1210. The van der Waals surface area contributed by atoms with Crippen molar-refractivity contribution < 1.29 is 13.2 Å². The number of nitrogens with zero attached hydrogens (tertiary/aromatic N) is 1. The van der Waals surface area contributed by atoms with Crippen LogP contribution in [0.2, 0.25) is 0 Å². The van der Waals surface area contributed by atoms with E-state index in [1.807, 2.05) is 18.2 Å². The molecule has 0 heterocycles. The van der Waals surface area contributed by atoms with Crippen LogP contribution < -0.4 is 4.74 Å². The summed E-state index contributed by atoms with van der Waals surface area (Å²) in [5.41, 5.74) is 2.97. The third kappa shape index (κ3) is 5.62. The molecule has 5 heteroatoms. The quantitative estimate of drug-likeness (QED) is 0.456. The zero-order chi connectivity index (χ0) is 22.5. The van der Waals surface area contributed by atoms with E-state index in [4.69, 9.17) is 4.74 Å². The molecule has 0 aliphatic rings. The first-order valence-corrected chi connectivity index (χ1v) is 11.4. The molecule has 0 aliphatic heterocycles. The summed E-state index contributed by atoms with van der Waals surface area (Å²) in [5.74, 6) is 0.600. The van der Waals surface area contributed by atoms with Crippen molar-refractivity contribution in [2.24, 2.45) is 0 Å². The van der Waals surface area contributed by atoms with E-state index in [9.17, 15) is 13.7 Å². The van der Waals surface area contributed by atoms with Crippen molar-refractivity contribution in [2.45, 2.75) is 37.7 Å². The lowest BCUT2D eigenvalue weighted by Crippen LogP contribution is -2.10. The molecule has 0 N–H and O–H groups in total. The molecule has 31 heavy (non-hydrogen) atoms. The van der Waals surface area contributed by atoms with Gasteiger partial charge in [0.1, 0.15) is 23.3 Å². The van der Waals surface area contributed by atoms with Crippen LogP contribution >= 0.6 is 0 Å². The van der Waals surface area contributed by atoms with E-state index in [-0.39, 0.29) is 15.2 Å². The normalized spacial score (nSPS) is 12.3. The summed E-state index contributed by atoms with van der Waals surface area (Å²) >= 11 is 0. The highest BCUT2D eigenvalue weighted by Gasteiger charge is 2.20. The van der Waals surface area contributed by atoms with Gasteiger partial charge in [0.05, 0.1) is 4.90 Å². The first-order chi connectivity index (χ1) is 14.7.